The van der Waals surface area contributed by atoms with Gasteiger partial charge in [0.1, 0.15) is 0 Å². The molecule has 1 rings (SSSR count). The molecule has 1 aromatic carbocycles. The number of aryl methyl sites for hydroxylation is 1. The van der Waals surface area contributed by atoms with Crippen molar-refractivity contribution in [3.05, 3.63) is 42.0 Å². The van der Waals surface area contributed by atoms with Gasteiger partial charge in [-0.15, -0.1) is 0 Å². The van der Waals surface area contributed by atoms with Crippen LogP contribution in [0.4, 0.5) is 0 Å². The molecule has 0 fully saturated rings. The van der Waals surface area contributed by atoms with Crippen molar-refractivity contribution in [3.63, 3.8) is 0 Å². The van der Waals surface area contributed by atoms with Crippen molar-refractivity contribution in [1.29, 1.82) is 0 Å². The van der Waals surface area contributed by atoms with Crippen LogP contribution in [0.2, 0.25) is 0 Å². The monoisotopic (exact) mass is 326 g/mol. The molecule has 0 radical (unpaired) electrons. The van der Waals surface area contributed by atoms with Gasteiger partial charge < -0.3 is 9.90 Å². The zero-order chi connectivity index (χ0) is 15.3. The summed E-state index contributed by atoms with van der Waals surface area (Å²) in [5, 5.41) is 10.2. The Balaban J connectivity index is 0.00000441. The van der Waals surface area contributed by atoms with Crippen LogP contribution in [-0.2, 0) is 11.2 Å². The Bertz CT molecular complexity index is 412. The molecule has 0 saturated heterocycles. The van der Waals surface area contributed by atoms with Gasteiger partial charge in [-0.1, -0.05) is 75.4 Å². The Labute approximate surface area is 177 Å². The van der Waals surface area contributed by atoms with Gasteiger partial charge in [0, 0.05) is 5.97 Å². The molecule has 0 heterocycles. The number of carbonyl (C=O) groups is 1. The first-order valence-corrected chi connectivity index (χ1v) is 8.13. The Morgan fingerprint density at radius 1 is 0.909 bits per heavy atom. The largest absolute Gasteiger partial charge is 1.00 e. The summed E-state index contributed by atoms with van der Waals surface area (Å²) < 4.78 is 0. The van der Waals surface area contributed by atoms with Gasteiger partial charge in [-0.2, -0.15) is 0 Å². The van der Waals surface area contributed by atoms with Crippen LogP contribution in [0.3, 0.4) is 0 Å². The van der Waals surface area contributed by atoms with E-state index < -0.39 is 5.97 Å². The zero-order valence-electron chi connectivity index (χ0n) is 14.0. The van der Waals surface area contributed by atoms with Crippen LogP contribution in [-0.4, -0.2) is 5.97 Å². The molecule has 0 saturated carbocycles. The molecule has 0 N–H and O–H groups in total. The van der Waals surface area contributed by atoms with Crippen molar-refractivity contribution in [2.75, 3.05) is 0 Å². The van der Waals surface area contributed by atoms with Gasteiger partial charge in [-0.25, -0.2) is 0 Å². The van der Waals surface area contributed by atoms with E-state index in [1.165, 1.54) is 43.2 Å². The molecule has 116 valence electrons. The molecular formula is C19H27KO2. The minimum absolute atomic E-state index is 0. The molecular weight excluding hydrogens is 299 g/mol. The molecule has 0 atom stereocenters. The van der Waals surface area contributed by atoms with E-state index in [1.807, 2.05) is 6.08 Å². The summed E-state index contributed by atoms with van der Waals surface area (Å²) in [5.74, 6) is -0.920. The number of carboxylic acid groups (broad SMARTS) is 1. The first kappa shape index (κ1) is 22.1. The molecule has 0 aliphatic heterocycles. The number of carboxylic acids is 1. The number of hydrogen-bond donors (Lipinski definition) is 0. The fourth-order valence-corrected chi connectivity index (χ4v) is 2.48. The van der Waals surface area contributed by atoms with Gasteiger partial charge in [0.25, 0.3) is 0 Å². The zero-order valence-corrected chi connectivity index (χ0v) is 17.1. The average Bonchev–Trinajstić information content (AvgIpc) is 2.49. The van der Waals surface area contributed by atoms with Crippen LogP contribution in [0.25, 0.3) is 6.08 Å². The van der Waals surface area contributed by atoms with Crippen molar-refractivity contribution in [2.45, 2.75) is 64.2 Å². The van der Waals surface area contributed by atoms with Crippen molar-refractivity contribution in [1.82, 2.24) is 0 Å². The Hall–Kier alpha value is 0.0664. The first-order chi connectivity index (χ1) is 10.2. The van der Waals surface area contributed by atoms with Gasteiger partial charge in [0.15, 0.2) is 0 Å². The Morgan fingerprint density at radius 2 is 1.41 bits per heavy atom. The maximum absolute atomic E-state index is 10.2. The number of aliphatic carboxylic acids is 1. The number of carbonyl (C=O) groups excluding carboxylic acids is 1. The normalized spacial score (nSPS) is 10.0. The van der Waals surface area contributed by atoms with E-state index in [0.717, 1.165) is 25.7 Å². The molecule has 0 aliphatic carbocycles. The average molecular weight is 327 g/mol. The van der Waals surface area contributed by atoms with Gasteiger partial charge in [0.2, 0.25) is 0 Å². The predicted octanol–water partition coefficient (Wildman–Crippen LogP) is 1.14. The Kier molecular flexibility index (Phi) is 14.7. The van der Waals surface area contributed by atoms with Crippen molar-refractivity contribution in [3.8, 4) is 0 Å². The molecule has 2 nitrogen and oxygen atoms in total. The molecule has 0 spiro atoms. The molecule has 0 unspecified atom stereocenters. The molecule has 3 heteroatoms. The van der Waals surface area contributed by atoms with Crippen molar-refractivity contribution in [2.24, 2.45) is 0 Å². The third-order valence-electron chi connectivity index (χ3n) is 3.81. The second-order valence-electron chi connectivity index (χ2n) is 5.65. The van der Waals surface area contributed by atoms with Crippen molar-refractivity contribution >= 4 is 12.0 Å². The van der Waals surface area contributed by atoms with Crippen LogP contribution in [0.15, 0.2) is 30.8 Å². The van der Waals surface area contributed by atoms with Crippen molar-refractivity contribution < 1.29 is 61.3 Å². The first-order valence-electron chi connectivity index (χ1n) is 8.13. The summed E-state index contributed by atoms with van der Waals surface area (Å²) in [4.78, 5) is 10.2. The third kappa shape index (κ3) is 11.6. The molecule has 0 aliphatic rings. The molecule has 0 amide bonds. The fourth-order valence-electron chi connectivity index (χ4n) is 2.48. The minimum Gasteiger partial charge on any atom is -0.550 e. The van der Waals surface area contributed by atoms with Crippen LogP contribution < -0.4 is 56.5 Å². The van der Waals surface area contributed by atoms with Crippen LogP contribution in [0, 0.1) is 0 Å². The summed E-state index contributed by atoms with van der Waals surface area (Å²) in [6.45, 7) is 3.76. The van der Waals surface area contributed by atoms with Gasteiger partial charge in [0.05, 0.1) is 0 Å². The molecule has 0 aromatic heterocycles. The van der Waals surface area contributed by atoms with E-state index in [0.29, 0.717) is 0 Å². The second kappa shape index (κ2) is 14.6. The summed E-state index contributed by atoms with van der Waals surface area (Å²) >= 11 is 0. The Morgan fingerprint density at radius 3 is 1.91 bits per heavy atom. The maximum Gasteiger partial charge on any atom is 1.00 e. The quantitative estimate of drug-likeness (QED) is 0.427. The number of benzene rings is 1. The van der Waals surface area contributed by atoms with Gasteiger partial charge >= 0.3 is 51.4 Å². The number of rotatable bonds is 12. The number of unbranched alkanes of at least 4 members (excludes halogenated alkanes) is 7. The predicted molar refractivity (Wildman–Crippen MR) is 86.8 cm³/mol. The van der Waals surface area contributed by atoms with E-state index >= 15 is 0 Å². The van der Waals surface area contributed by atoms with E-state index in [1.54, 1.807) is 0 Å². The van der Waals surface area contributed by atoms with Gasteiger partial charge in [-0.3, -0.25) is 0 Å². The topological polar surface area (TPSA) is 40.1 Å². The van der Waals surface area contributed by atoms with E-state index in [2.05, 4.69) is 30.8 Å². The minimum atomic E-state index is -0.920. The summed E-state index contributed by atoms with van der Waals surface area (Å²) in [5.41, 5.74) is 2.58. The molecule has 22 heavy (non-hydrogen) atoms. The standard InChI is InChI=1S/C19H28O2.K/c1-2-17-13-15-18(16-14-17)11-9-7-5-3-4-6-8-10-12-19(20)21;/h2,13-16H,1,3-12H2,(H,20,21);/q;+1/p-1. The fraction of sp³-hybridized carbons (Fsp3) is 0.526. The summed E-state index contributed by atoms with van der Waals surface area (Å²) in [7, 11) is 0. The summed E-state index contributed by atoms with van der Waals surface area (Å²) in [6, 6.07) is 8.62. The number of hydrogen-bond acceptors (Lipinski definition) is 2. The summed E-state index contributed by atoms with van der Waals surface area (Å²) in [6.07, 6.45) is 12.5. The molecule has 0 bridgehead atoms. The van der Waals surface area contributed by atoms with E-state index in [9.17, 15) is 9.90 Å². The van der Waals surface area contributed by atoms with E-state index in [4.69, 9.17) is 0 Å². The molecule has 1 aromatic rings. The smallest absolute Gasteiger partial charge is 0.550 e. The van der Waals surface area contributed by atoms with Crippen LogP contribution in [0.1, 0.15) is 68.9 Å². The van der Waals surface area contributed by atoms with Crippen LogP contribution >= 0.6 is 0 Å². The second-order valence-corrected chi connectivity index (χ2v) is 5.65. The van der Waals surface area contributed by atoms with Crippen LogP contribution in [0.5, 0.6) is 0 Å². The van der Waals surface area contributed by atoms with E-state index in [-0.39, 0.29) is 57.8 Å². The SMILES string of the molecule is C=Cc1ccc(CCCCCCCCCCC(=O)[O-])cc1.[K+]. The maximum atomic E-state index is 10.2. The third-order valence-corrected chi connectivity index (χ3v) is 3.81. The van der Waals surface area contributed by atoms with Gasteiger partial charge in [-0.05, 0) is 36.8 Å².